The Morgan fingerprint density at radius 2 is 2.40 bits per heavy atom. The van der Waals surface area contributed by atoms with Crippen molar-refractivity contribution in [3.63, 3.8) is 0 Å². The molecule has 0 radical (unpaired) electrons. The molecule has 1 atom stereocenters. The van der Waals surface area contributed by atoms with Gasteiger partial charge in [0.05, 0.1) is 6.61 Å². The molecule has 1 aliphatic rings. The summed E-state index contributed by atoms with van der Waals surface area (Å²) in [5.74, 6) is 2.21. The van der Waals surface area contributed by atoms with E-state index in [0.29, 0.717) is 5.92 Å². The molecule has 1 saturated heterocycles. The fraction of sp³-hybridized carbons (Fsp3) is 0.636. The summed E-state index contributed by atoms with van der Waals surface area (Å²) in [6, 6.07) is 2.00. The van der Waals surface area contributed by atoms with Crippen molar-refractivity contribution in [1.82, 2.24) is 9.97 Å². The number of nitrogens with zero attached hydrogens (tertiary/aromatic N) is 2. The van der Waals surface area contributed by atoms with E-state index in [1.54, 1.807) is 0 Å². The molecule has 0 amide bonds. The van der Waals surface area contributed by atoms with Gasteiger partial charge in [-0.25, -0.2) is 9.97 Å². The number of aryl methyl sites for hydroxylation is 1. The maximum Gasteiger partial charge on any atom is 0.136 e. The Labute approximate surface area is 90.1 Å². The van der Waals surface area contributed by atoms with E-state index in [1.165, 1.54) is 0 Å². The van der Waals surface area contributed by atoms with Gasteiger partial charge in [0.25, 0.3) is 0 Å². The van der Waals surface area contributed by atoms with Crippen LogP contribution in [0.25, 0.3) is 0 Å². The predicted octanol–water partition coefficient (Wildman–Crippen LogP) is 1.58. The van der Waals surface area contributed by atoms with Crippen molar-refractivity contribution in [1.29, 1.82) is 0 Å². The van der Waals surface area contributed by atoms with Crippen LogP contribution in [-0.4, -0.2) is 30.2 Å². The van der Waals surface area contributed by atoms with E-state index in [4.69, 9.17) is 4.74 Å². The highest BCUT2D eigenvalue weighted by molar-refractivity contribution is 5.35. The SMILES string of the molecule is CCc1cc(NC)nc(C2CCOC2)n1. The van der Waals surface area contributed by atoms with E-state index in [2.05, 4.69) is 22.2 Å². The summed E-state index contributed by atoms with van der Waals surface area (Å²) in [5, 5.41) is 3.07. The van der Waals surface area contributed by atoms with Gasteiger partial charge in [0.2, 0.25) is 0 Å². The maximum absolute atomic E-state index is 5.36. The molecule has 82 valence electrons. The molecule has 0 bridgehead atoms. The summed E-state index contributed by atoms with van der Waals surface area (Å²) < 4.78 is 5.36. The molecule has 0 saturated carbocycles. The maximum atomic E-state index is 5.36. The van der Waals surface area contributed by atoms with Crippen molar-refractivity contribution in [2.24, 2.45) is 0 Å². The van der Waals surface area contributed by atoms with Gasteiger partial charge in [0.1, 0.15) is 11.6 Å². The Bertz CT molecular complexity index is 312. The number of anilines is 1. The van der Waals surface area contributed by atoms with Gasteiger partial charge in [-0.1, -0.05) is 6.92 Å². The highest BCUT2D eigenvalue weighted by atomic mass is 16.5. The van der Waals surface area contributed by atoms with Crippen LogP contribution in [0.15, 0.2) is 6.07 Å². The van der Waals surface area contributed by atoms with Crippen LogP contribution < -0.4 is 5.32 Å². The molecule has 1 aromatic heterocycles. The van der Waals surface area contributed by atoms with Crippen LogP contribution in [0.1, 0.15) is 30.8 Å². The second-order valence-electron chi connectivity index (χ2n) is 3.77. The summed E-state index contributed by atoms with van der Waals surface area (Å²) in [6.45, 7) is 3.70. The molecule has 4 heteroatoms. The van der Waals surface area contributed by atoms with E-state index < -0.39 is 0 Å². The number of hydrogen-bond donors (Lipinski definition) is 1. The van der Waals surface area contributed by atoms with Crippen LogP contribution in [0.4, 0.5) is 5.82 Å². The average Bonchev–Trinajstić information content (AvgIpc) is 2.81. The molecule has 4 nitrogen and oxygen atoms in total. The molecule has 1 unspecified atom stereocenters. The van der Waals surface area contributed by atoms with Crippen molar-refractivity contribution in [2.75, 3.05) is 25.6 Å². The predicted molar refractivity (Wildman–Crippen MR) is 59.1 cm³/mol. The van der Waals surface area contributed by atoms with Gasteiger partial charge in [0, 0.05) is 31.3 Å². The Morgan fingerprint density at radius 3 is 3.00 bits per heavy atom. The topological polar surface area (TPSA) is 47.0 Å². The molecule has 0 spiro atoms. The highest BCUT2D eigenvalue weighted by Gasteiger charge is 2.21. The minimum Gasteiger partial charge on any atom is -0.381 e. The lowest BCUT2D eigenvalue weighted by Crippen LogP contribution is -2.08. The van der Waals surface area contributed by atoms with E-state index in [-0.39, 0.29) is 0 Å². The Balaban J connectivity index is 2.28. The Hall–Kier alpha value is -1.16. The van der Waals surface area contributed by atoms with Crippen LogP contribution in [-0.2, 0) is 11.2 Å². The van der Waals surface area contributed by atoms with E-state index in [0.717, 1.165) is 43.4 Å². The van der Waals surface area contributed by atoms with Crippen molar-refractivity contribution >= 4 is 5.82 Å². The smallest absolute Gasteiger partial charge is 0.136 e. The number of ether oxygens (including phenoxy) is 1. The third-order valence-electron chi connectivity index (χ3n) is 2.71. The molecule has 0 aliphatic carbocycles. The second-order valence-corrected chi connectivity index (χ2v) is 3.77. The molecule has 1 aliphatic heterocycles. The first-order valence-corrected chi connectivity index (χ1v) is 5.46. The zero-order valence-electron chi connectivity index (χ0n) is 9.29. The van der Waals surface area contributed by atoms with Gasteiger partial charge in [0.15, 0.2) is 0 Å². The zero-order valence-corrected chi connectivity index (χ0v) is 9.29. The van der Waals surface area contributed by atoms with Crippen LogP contribution in [0.5, 0.6) is 0 Å². The van der Waals surface area contributed by atoms with Gasteiger partial charge in [-0.3, -0.25) is 0 Å². The Morgan fingerprint density at radius 1 is 1.53 bits per heavy atom. The van der Waals surface area contributed by atoms with Crippen LogP contribution in [0.2, 0.25) is 0 Å². The standard InChI is InChI=1S/C11H17N3O/c1-3-9-6-10(12-2)14-11(13-9)8-4-5-15-7-8/h6,8H,3-5,7H2,1-2H3,(H,12,13,14). The van der Waals surface area contributed by atoms with Crippen LogP contribution in [0, 0.1) is 0 Å². The summed E-state index contributed by atoms with van der Waals surface area (Å²) in [4.78, 5) is 9.03. The number of nitrogens with one attached hydrogen (secondary N) is 1. The first kappa shape index (κ1) is 10.4. The first-order valence-electron chi connectivity index (χ1n) is 5.46. The van der Waals surface area contributed by atoms with Crippen molar-refractivity contribution in [2.45, 2.75) is 25.7 Å². The molecule has 2 rings (SSSR count). The molecular formula is C11H17N3O. The van der Waals surface area contributed by atoms with Gasteiger partial charge in [-0.05, 0) is 12.8 Å². The lowest BCUT2D eigenvalue weighted by atomic mass is 10.1. The second kappa shape index (κ2) is 4.57. The van der Waals surface area contributed by atoms with E-state index >= 15 is 0 Å². The summed E-state index contributed by atoms with van der Waals surface area (Å²) in [6.07, 6.45) is 1.98. The largest absolute Gasteiger partial charge is 0.381 e. The van der Waals surface area contributed by atoms with E-state index in [9.17, 15) is 0 Å². The Kier molecular flexibility index (Phi) is 3.16. The zero-order chi connectivity index (χ0) is 10.7. The van der Waals surface area contributed by atoms with Crippen LogP contribution >= 0.6 is 0 Å². The summed E-state index contributed by atoms with van der Waals surface area (Å²) >= 11 is 0. The van der Waals surface area contributed by atoms with Crippen molar-refractivity contribution in [3.05, 3.63) is 17.6 Å². The average molecular weight is 207 g/mol. The van der Waals surface area contributed by atoms with Gasteiger partial charge in [-0.15, -0.1) is 0 Å². The number of hydrogen-bond acceptors (Lipinski definition) is 4. The van der Waals surface area contributed by atoms with Gasteiger partial charge in [-0.2, -0.15) is 0 Å². The van der Waals surface area contributed by atoms with Crippen molar-refractivity contribution < 1.29 is 4.74 Å². The highest BCUT2D eigenvalue weighted by Crippen LogP contribution is 2.23. The molecule has 1 fully saturated rings. The molecule has 0 aromatic carbocycles. The lowest BCUT2D eigenvalue weighted by Gasteiger charge is -2.10. The lowest BCUT2D eigenvalue weighted by molar-refractivity contribution is 0.193. The summed E-state index contributed by atoms with van der Waals surface area (Å²) in [7, 11) is 1.89. The molecular weight excluding hydrogens is 190 g/mol. The van der Waals surface area contributed by atoms with Gasteiger partial charge >= 0.3 is 0 Å². The normalized spacial score (nSPS) is 20.5. The number of rotatable bonds is 3. The fourth-order valence-corrected chi connectivity index (χ4v) is 1.75. The molecule has 1 N–H and O–H groups in total. The quantitative estimate of drug-likeness (QED) is 0.817. The minimum atomic E-state index is 0.378. The first-order chi connectivity index (χ1) is 7.33. The van der Waals surface area contributed by atoms with Gasteiger partial charge < -0.3 is 10.1 Å². The van der Waals surface area contributed by atoms with E-state index in [1.807, 2.05) is 13.1 Å². The van der Waals surface area contributed by atoms with Crippen LogP contribution in [0.3, 0.4) is 0 Å². The summed E-state index contributed by atoms with van der Waals surface area (Å²) in [5.41, 5.74) is 1.09. The number of aromatic nitrogens is 2. The van der Waals surface area contributed by atoms with Crippen molar-refractivity contribution in [3.8, 4) is 0 Å². The third-order valence-corrected chi connectivity index (χ3v) is 2.71. The minimum absolute atomic E-state index is 0.378. The monoisotopic (exact) mass is 207 g/mol. The fourth-order valence-electron chi connectivity index (χ4n) is 1.75. The molecule has 1 aromatic rings. The molecule has 2 heterocycles. The third kappa shape index (κ3) is 2.26. The molecule has 15 heavy (non-hydrogen) atoms.